The Morgan fingerprint density at radius 1 is 1.07 bits per heavy atom. The van der Waals surface area contributed by atoms with Gasteiger partial charge in [0, 0.05) is 24.2 Å². The van der Waals surface area contributed by atoms with Crippen LogP contribution < -0.4 is 5.32 Å². The molecule has 0 fully saturated rings. The average molecular weight is 409 g/mol. The zero-order valence-corrected chi connectivity index (χ0v) is 16.2. The molecule has 3 aromatic rings. The number of carbonyl (C=O) groups excluding carboxylic acids is 2. The zero-order chi connectivity index (χ0) is 20.4. The summed E-state index contributed by atoms with van der Waals surface area (Å²) in [5.74, 6) is -1.08. The lowest BCUT2D eigenvalue weighted by Gasteiger charge is -2.27. The molecule has 29 heavy (non-hydrogen) atoms. The van der Waals surface area contributed by atoms with Gasteiger partial charge in [0.15, 0.2) is 0 Å². The molecule has 0 saturated heterocycles. The van der Waals surface area contributed by atoms with Gasteiger partial charge in [0.05, 0.1) is 5.02 Å². The standard InChI is InChI=1S/C23H18ClFN2O2/c24-19-13-17(10-11-20(19)25)26-22(28)21(12-15-6-2-1-3-7-15)27-14-16-8-4-5-9-18(16)23(27)29/h1-11,13,21H,12,14H2,(H,26,28)/t21-/m1/s1. The van der Waals surface area contributed by atoms with E-state index < -0.39 is 11.9 Å². The van der Waals surface area contributed by atoms with Gasteiger partial charge >= 0.3 is 0 Å². The van der Waals surface area contributed by atoms with Crippen molar-refractivity contribution in [3.63, 3.8) is 0 Å². The molecule has 1 aliphatic heterocycles. The Bertz CT molecular complexity index is 1070. The van der Waals surface area contributed by atoms with Crippen LogP contribution in [-0.2, 0) is 17.8 Å². The van der Waals surface area contributed by atoms with Crippen LogP contribution in [0.25, 0.3) is 0 Å². The molecule has 0 spiro atoms. The van der Waals surface area contributed by atoms with Crippen LogP contribution >= 0.6 is 11.6 Å². The normalized spacial score (nSPS) is 13.9. The van der Waals surface area contributed by atoms with Gasteiger partial charge in [-0.05, 0) is 35.4 Å². The lowest BCUT2D eigenvalue weighted by Crippen LogP contribution is -2.45. The molecule has 0 bridgehead atoms. The number of hydrogen-bond donors (Lipinski definition) is 1. The van der Waals surface area contributed by atoms with E-state index in [0.29, 0.717) is 24.2 Å². The van der Waals surface area contributed by atoms with Gasteiger partial charge in [0.2, 0.25) is 5.91 Å². The van der Waals surface area contributed by atoms with E-state index in [1.165, 1.54) is 18.2 Å². The van der Waals surface area contributed by atoms with E-state index in [0.717, 1.165) is 11.1 Å². The van der Waals surface area contributed by atoms with Crippen molar-refractivity contribution in [3.05, 3.63) is 100 Å². The van der Waals surface area contributed by atoms with Crippen molar-refractivity contribution in [1.29, 1.82) is 0 Å². The van der Waals surface area contributed by atoms with Crippen LogP contribution in [0.2, 0.25) is 5.02 Å². The van der Waals surface area contributed by atoms with Crippen molar-refractivity contribution in [1.82, 2.24) is 4.90 Å². The Morgan fingerprint density at radius 2 is 1.79 bits per heavy atom. The smallest absolute Gasteiger partial charge is 0.255 e. The van der Waals surface area contributed by atoms with Crippen molar-refractivity contribution in [2.45, 2.75) is 19.0 Å². The summed E-state index contributed by atoms with van der Waals surface area (Å²) in [6.45, 7) is 0.365. The van der Waals surface area contributed by atoms with Crippen LogP contribution in [0.3, 0.4) is 0 Å². The first-order valence-corrected chi connectivity index (χ1v) is 9.59. The highest BCUT2D eigenvalue weighted by Crippen LogP contribution is 2.27. The third-order valence-corrected chi connectivity index (χ3v) is 5.28. The summed E-state index contributed by atoms with van der Waals surface area (Å²) in [4.78, 5) is 27.7. The molecule has 0 unspecified atom stereocenters. The van der Waals surface area contributed by atoms with Crippen LogP contribution in [0.15, 0.2) is 72.8 Å². The predicted octanol–water partition coefficient (Wildman–Crippen LogP) is 4.68. The Morgan fingerprint density at radius 3 is 2.52 bits per heavy atom. The molecule has 1 aliphatic rings. The van der Waals surface area contributed by atoms with Crippen LogP contribution in [0.5, 0.6) is 0 Å². The Hall–Kier alpha value is -3.18. The van der Waals surface area contributed by atoms with Crippen LogP contribution in [-0.4, -0.2) is 22.8 Å². The van der Waals surface area contributed by atoms with E-state index in [2.05, 4.69) is 5.32 Å². The largest absolute Gasteiger partial charge is 0.324 e. The van der Waals surface area contributed by atoms with Crippen molar-refractivity contribution < 1.29 is 14.0 Å². The number of anilines is 1. The van der Waals surface area contributed by atoms with Gasteiger partial charge in [-0.3, -0.25) is 9.59 Å². The zero-order valence-electron chi connectivity index (χ0n) is 15.4. The first-order valence-electron chi connectivity index (χ1n) is 9.21. The Balaban J connectivity index is 1.62. The Kier molecular flexibility index (Phi) is 5.32. The second-order valence-corrected chi connectivity index (χ2v) is 7.32. The van der Waals surface area contributed by atoms with E-state index in [-0.39, 0.29) is 16.8 Å². The van der Waals surface area contributed by atoms with Crippen LogP contribution in [0.4, 0.5) is 10.1 Å². The fourth-order valence-corrected chi connectivity index (χ4v) is 3.69. The topological polar surface area (TPSA) is 49.4 Å². The number of amides is 2. The summed E-state index contributed by atoms with van der Waals surface area (Å²) in [7, 11) is 0. The molecule has 2 amide bonds. The Labute approximate surface area is 172 Å². The molecule has 1 atom stereocenters. The van der Waals surface area contributed by atoms with E-state index >= 15 is 0 Å². The van der Waals surface area contributed by atoms with E-state index in [9.17, 15) is 14.0 Å². The van der Waals surface area contributed by atoms with E-state index in [1.54, 1.807) is 11.0 Å². The van der Waals surface area contributed by atoms with Crippen molar-refractivity contribution in [3.8, 4) is 0 Å². The lowest BCUT2D eigenvalue weighted by molar-refractivity contribution is -0.120. The first-order chi connectivity index (χ1) is 14.0. The molecule has 0 aliphatic carbocycles. The lowest BCUT2D eigenvalue weighted by atomic mass is 10.0. The highest BCUT2D eigenvalue weighted by atomic mass is 35.5. The summed E-state index contributed by atoms with van der Waals surface area (Å²) >= 11 is 5.83. The van der Waals surface area contributed by atoms with Gasteiger partial charge in [-0.25, -0.2) is 4.39 Å². The summed E-state index contributed by atoms with van der Waals surface area (Å²) in [6.07, 6.45) is 0.362. The molecule has 4 rings (SSSR count). The minimum absolute atomic E-state index is 0.0768. The van der Waals surface area contributed by atoms with Crippen LogP contribution in [0.1, 0.15) is 21.5 Å². The second kappa shape index (κ2) is 8.05. The number of nitrogens with one attached hydrogen (secondary N) is 1. The highest BCUT2D eigenvalue weighted by Gasteiger charge is 2.36. The average Bonchev–Trinajstić information content (AvgIpc) is 3.06. The minimum atomic E-state index is -0.721. The second-order valence-electron chi connectivity index (χ2n) is 6.91. The summed E-state index contributed by atoms with van der Waals surface area (Å²) < 4.78 is 13.4. The maximum atomic E-state index is 13.4. The van der Waals surface area contributed by atoms with Gasteiger partial charge in [-0.1, -0.05) is 60.1 Å². The highest BCUT2D eigenvalue weighted by molar-refractivity contribution is 6.31. The molecular formula is C23H18ClFN2O2. The fourth-order valence-electron chi connectivity index (χ4n) is 3.51. The molecule has 0 aromatic heterocycles. The predicted molar refractivity (Wildman–Crippen MR) is 110 cm³/mol. The quantitative estimate of drug-likeness (QED) is 0.666. The van der Waals surface area contributed by atoms with E-state index in [4.69, 9.17) is 11.6 Å². The van der Waals surface area contributed by atoms with Crippen molar-refractivity contribution in [2.24, 2.45) is 0 Å². The minimum Gasteiger partial charge on any atom is -0.324 e. The molecule has 1 N–H and O–H groups in total. The molecule has 1 heterocycles. The van der Waals surface area contributed by atoms with Crippen molar-refractivity contribution in [2.75, 3.05) is 5.32 Å². The van der Waals surface area contributed by atoms with Gasteiger partial charge in [0.1, 0.15) is 11.9 Å². The number of halogens is 2. The molecule has 4 nitrogen and oxygen atoms in total. The maximum Gasteiger partial charge on any atom is 0.255 e. The fraction of sp³-hybridized carbons (Fsp3) is 0.130. The number of hydrogen-bond acceptors (Lipinski definition) is 2. The molecule has 0 saturated carbocycles. The van der Waals surface area contributed by atoms with Gasteiger partial charge in [-0.2, -0.15) is 0 Å². The number of benzene rings is 3. The van der Waals surface area contributed by atoms with Crippen LogP contribution in [0, 0.1) is 5.82 Å². The van der Waals surface area contributed by atoms with E-state index in [1.807, 2.05) is 48.5 Å². The molecule has 6 heteroatoms. The molecule has 146 valence electrons. The summed E-state index contributed by atoms with van der Waals surface area (Å²) in [6, 6.07) is 20.2. The SMILES string of the molecule is O=C(Nc1ccc(F)c(Cl)c1)[C@@H](Cc1ccccc1)N1Cc2ccccc2C1=O. The summed E-state index contributed by atoms with van der Waals surface area (Å²) in [5, 5.41) is 2.69. The number of carbonyl (C=O) groups is 2. The number of rotatable bonds is 5. The summed E-state index contributed by atoms with van der Waals surface area (Å²) in [5.41, 5.74) is 2.83. The monoisotopic (exact) mass is 408 g/mol. The molecule has 0 radical (unpaired) electrons. The van der Waals surface area contributed by atoms with Gasteiger partial charge < -0.3 is 10.2 Å². The number of nitrogens with zero attached hydrogens (tertiary/aromatic N) is 1. The number of fused-ring (bicyclic) bond motifs is 1. The molecule has 3 aromatic carbocycles. The van der Waals surface area contributed by atoms with Crippen molar-refractivity contribution >= 4 is 29.1 Å². The third kappa shape index (κ3) is 4.00. The first kappa shape index (κ1) is 19.2. The van der Waals surface area contributed by atoms with Gasteiger partial charge in [-0.15, -0.1) is 0 Å². The maximum absolute atomic E-state index is 13.4. The van der Waals surface area contributed by atoms with Gasteiger partial charge in [0.25, 0.3) is 5.91 Å². The molecular weight excluding hydrogens is 391 g/mol. The third-order valence-electron chi connectivity index (χ3n) is 4.99.